The maximum Gasteiger partial charge on any atom is 0.143 e. The number of furan rings is 2. The number of aryl methyl sites for hydroxylation is 2. The number of hydrogen-bond donors (Lipinski definition) is 0. The summed E-state index contributed by atoms with van der Waals surface area (Å²) in [4.78, 5) is 8.92. The third-order valence-electron chi connectivity index (χ3n) is 9.71. The van der Waals surface area contributed by atoms with Gasteiger partial charge in [0.2, 0.25) is 0 Å². The van der Waals surface area contributed by atoms with Crippen molar-refractivity contribution in [1.29, 1.82) is 0 Å². The number of fused-ring (bicyclic) bond motifs is 8. The number of rotatable bonds is 5. The van der Waals surface area contributed by atoms with Crippen molar-refractivity contribution in [2.24, 2.45) is 16.2 Å². The Kier molecular flexibility index (Phi) is 8.44. The van der Waals surface area contributed by atoms with Crippen molar-refractivity contribution in [2.45, 2.75) is 95.2 Å². The van der Waals surface area contributed by atoms with Crippen LogP contribution in [0.1, 0.15) is 105 Å². The van der Waals surface area contributed by atoms with Gasteiger partial charge in [0.25, 0.3) is 0 Å². The van der Waals surface area contributed by atoms with Crippen LogP contribution in [0.5, 0.6) is 0 Å². The molecule has 0 bridgehead atoms. The van der Waals surface area contributed by atoms with Gasteiger partial charge in [-0.25, -0.2) is 0 Å². The molecule has 1 radical (unpaired) electrons. The third kappa shape index (κ3) is 9.29. The fourth-order valence-corrected chi connectivity index (χ4v) is 7.32. The predicted molar refractivity (Wildman–Crippen MR) is 248 cm³/mol. The molecular weight excluding hydrogens is 913 g/mol. The molecule has 0 aliphatic rings. The first-order valence-electron chi connectivity index (χ1n) is 25.5. The zero-order chi connectivity index (χ0) is 51.3. The molecule has 4 aromatic heterocycles. The van der Waals surface area contributed by atoms with Gasteiger partial charge in [-0.3, -0.25) is 0 Å². The van der Waals surface area contributed by atoms with E-state index in [9.17, 15) is 0 Å². The van der Waals surface area contributed by atoms with Gasteiger partial charge in [-0.05, 0) is 93.9 Å². The third-order valence-corrected chi connectivity index (χ3v) is 9.71. The number of nitrogens with zero attached hydrogens (tertiary/aromatic N) is 2. The average molecular weight is 980 g/mol. The largest absolute Gasteiger partial charge is 0.501 e. The summed E-state index contributed by atoms with van der Waals surface area (Å²) in [5, 5.41) is 5.99. The molecular formula is C55H56IrN2O2-2. The van der Waals surface area contributed by atoms with Crippen molar-refractivity contribution in [1.82, 2.24) is 9.97 Å². The summed E-state index contributed by atoms with van der Waals surface area (Å²) < 4.78 is 103. The summed E-state index contributed by atoms with van der Waals surface area (Å²) in [5.74, 6) is 0. The first-order chi connectivity index (χ1) is 32.3. The van der Waals surface area contributed by atoms with Crippen LogP contribution in [-0.2, 0) is 39.2 Å². The Morgan fingerprint density at radius 3 is 1.93 bits per heavy atom. The maximum atomic E-state index is 8.85. The van der Waals surface area contributed by atoms with E-state index in [0.29, 0.717) is 39.2 Å². The van der Waals surface area contributed by atoms with Crippen LogP contribution in [-0.4, -0.2) is 9.97 Å². The van der Waals surface area contributed by atoms with Gasteiger partial charge in [-0.2, -0.15) is 0 Å². The van der Waals surface area contributed by atoms with Crippen molar-refractivity contribution in [3.63, 3.8) is 0 Å². The van der Waals surface area contributed by atoms with E-state index in [1.165, 1.54) is 24.5 Å². The van der Waals surface area contributed by atoms with Crippen LogP contribution in [0, 0.1) is 42.1 Å². The summed E-state index contributed by atoms with van der Waals surface area (Å²) in [7, 11) is 0. The molecule has 4 nitrogen and oxygen atoms in total. The second-order valence-corrected chi connectivity index (χ2v) is 18.3. The smallest absolute Gasteiger partial charge is 0.143 e. The van der Waals surface area contributed by atoms with Crippen molar-refractivity contribution in [2.75, 3.05) is 0 Å². The summed E-state index contributed by atoms with van der Waals surface area (Å²) >= 11 is 0. The monoisotopic (exact) mass is 980 g/mol. The zero-order valence-corrected chi connectivity index (χ0v) is 37.8. The van der Waals surface area contributed by atoms with Gasteiger partial charge in [0.1, 0.15) is 16.7 Å². The minimum absolute atomic E-state index is 0. The zero-order valence-electron chi connectivity index (χ0n) is 46.4. The van der Waals surface area contributed by atoms with Gasteiger partial charge < -0.3 is 18.8 Å². The quantitative estimate of drug-likeness (QED) is 0.161. The number of hydrogen-bond acceptors (Lipinski definition) is 4. The molecule has 0 fully saturated rings. The Balaban J connectivity index is 0.000000216. The molecule has 0 N–H and O–H groups in total. The van der Waals surface area contributed by atoms with E-state index < -0.39 is 49.1 Å². The number of benzene rings is 5. The summed E-state index contributed by atoms with van der Waals surface area (Å²) in [6.45, 7) is 11.9. The molecule has 0 aliphatic carbocycles. The maximum absolute atomic E-state index is 8.85. The van der Waals surface area contributed by atoms with E-state index in [1.807, 2.05) is 57.2 Å². The first kappa shape index (κ1) is 30.9. The van der Waals surface area contributed by atoms with E-state index >= 15 is 0 Å². The average Bonchev–Trinajstić information content (AvgIpc) is 3.83. The van der Waals surface area contributed by atoms with Crippen LogP contribution in [0.3, 0.4) is 0 Å². The van der Waals surface area contributed by atoms with Crippen LogP contribution in [0.25, 0.3) is 77.2 Å². The predicted octanol–water partition coefficient (Wildman–Crippen LogP) is 15.4. The molecule has 9 aromatic rings. The fourth-order valence-electron chi connectivity index (χ4n) is 7.32. The van der Waals surface area contributed by atoms with Crippen LogP contribution >= 0.6 is 0 Å². The molecule has 0 spiro atoms. The normalized spacial score (nSPS) is 16.4. The van der Waals surface area contributed by atoms with Gasteiger partial charge in [-0.1, -0.05) is 128 Å². The Hall–Kier alpha value is -5.09. The standard InChI is InChI=1S/C33H26NO2.C22H30N.Ir/c1-19-18-34-28(14-21(19)17-33(2,3)4)25-11-7-10-23-26-15-30-27(16-29(26)36-32(23)25)24-13-12-20-8-5-6-9-22(20)31(24)35-30;1-16-8-10-17(11-9-16)20-12-18(13-21(2,3)4)19(15-23-20)14-22(5,6)7;/h5-10,12-16,18H,17H2,1-4H3;8-10,12,15H,13-14H2,1-7H3;/q2*-1;/i1D3,17D;1D3,13D2,14D2;. The van der Waals surface area contributed by atoms with Gasteiger partial charge in [0.15, 0.2) is 0 Å². The molecule has 1 unspecified atom stereocenters. The molecule has 5 heteroatoms. The van der Waals surface area contributed by atoms with Crippen molar-refractivity contribution in [3.8, 4) is 22.5 Å². The Morgan fingerprint density at radius 1 is 0.600 bits per heavy atom. The first-order valence-corrected chi connectivity index (χ1v) is 19.9. The molecule has 4 heterocycles. The van der Waals surface area contributed by atoms with Gasteiger partial charge in [0.05, 0.1) is 5.58 Å². The molecule has 0 aliphatic heterocycles. The van der Waals surface area contributed by atoms with E-state index in [1.54, 1.807) is 59.7 Å². The summed E-state index contributed by atoms with van der Waals surface area (Å²) in [6.07, 6.45) is -1.62. The number of pyridine rings is 2. The Bertz CT molecular complexity index is 3440. The van der Waals surface area contributed by atoms with E-state index in [4.69, 9.17) is 23.9 Å². The molecule has 0 saturated heterocycles. The SMILES string of the molecule is [2H]C([2H])([2H])c1c[c-]c(-c2cc(C([2H])([2H])C(C)(C)C)c(C([2H])([2H])C(C)(C)C)cn2)cc1.[2H]C(c1cc(-c2[c-]ccc3c2oc2cc4c(cc23)oc2c3ccccc3ccc42)ncc1C([2H])([2H])[2H])C(C)(C)C.[Ir]. The van der Waals surface area contributed by atoms with Gasteiger partial charge >= 0.3 is 0 Å². The van der Waals surface area contributed by atoms with E-state index in [2.05, 4.69) is 46.4 Å². The second kappa shape index (κ2) is 16.4. The Labute approximate surface area is 384 Å². The summed E-state index contributed by atoms with van der Waals surface area (Å²) in [5.41, 5.74) is 4.20. The molecule has 309 valence electrons. The molecule has 1 atom stereocenters. The van der Waals surface area contributed by atoms with Crippen LogP contribution in [0.2, 0.25) is 0 Å². The van der Waals surface area contributed by atoms with E-state index in [0.717, 1.165) is 43.5 Å². The van der Waals surface area contributed by atoms with Gasteiger partial charge in [-0.15, -0.1) is 53.6 Å². The fraction of sp³-hybridized carbons (Fsp3) is 0.309. The van der Waals surface area contributed by atoms with E-state index in [-0.39, 0.29) is 42.4 Å². The Morgan fingerprint density at radius 2 is 1.27 bits per heavy atom. The minimum atomic E-state index is -2.37. The topological polar surface area (TPSA) is 52.1 Å². The van der Waals surface area contributed by atoms with Crippen molar-refractivity contribution in [3.05, 3.63) is 143 Å². The molecule has 0 saturated carbocycles. The number of aromatic nitrogens is 2. The van der Waals surface area contributed by atoms with Gasteiger partial charge in [0, 0.05) is 69.1 Å². The van der Waals surface area contributed by atoms with Crippen LogP contribution in [0.4, 0.5) is 0 Å². The van der Waals surface area contributed by atoms with Crippen LogP contribution in [0.15, 0.2) is 112 Å². The molecule has 60 heavy (non-hydrogen) atoms. The minimum Gasteiger partial charge on any atom is -0.501 e. The van der Waals surface area contributed by atoms with Crippen LogP contribution < -0.4 is 0 Å². The molecule has 9 rings (SSSR count). The van der Waals surface area contributed by atoms with Crippen molar-refractivity contribution < 1.29 is 44.0 Å². The van der Waals surface area contributed by atoms with Crippen molar-refractivity contribution >= 4 is 54.6 Å². The molecule has 5 aromatic carbocycles. The molecule has 0 amide bonds. The second-order valence-electron chi connectivity index (χ2n) is 18.3. The summed E-state index contributed by atoms with van der Waals surface area (Å²) in [6, 6.07) is 34.1.